The number of ether oxygens (including phenoxy) is 1. The Labute approximate surface area is 125 Å². The number of nitrogens with one attached hydrogen (secondary N) is 3. The van der Waals surface area contributed by atoms with E-state index in [0.717, 1.165) is 21.9 Å². The first kappa shape index (κ1) is 15.2. The normalized spacial score (nSPS) is 10.3. The SMILES string of the molecule is COC(=O)NNC(=O)CCCSc1nc2ccccc2[nH]1. The molecule has 2 amide bonds. The molecule has 0 aliphatic rings. The summed E-state index contributed by atoms with van der Waals surface area (Å²) < 4.78 is 4.33. The predicted molar refractivity (Wildman–Crippen MR) is 79.7 cm³/mol. The van der Waals surface area contributed by atoms with E-state index in [-0.39, 0.29) is 5.91 Å². The minimum absolute atomic E-state index is 0.259. The third kappa shape index (κ3) is 4.67. The lowest BCUT2D eigenvalue weighted by atomic mass is 10.3. The second-order valence-corrected chi connectivity index (χ2v) is 5.26. The van der Waals surface area contributed by atoms with Crippen molar-refractivity contribution in [1.29, 1.82) is 0 Å². The Morgan fingerprint density at radius 1 is 1.33 bits per heavy atom. The van der Waals surface area contributed by atoms with Crippen molar-refractivity contribution >= 4 is 34.8 Å². The summed E-state index contributed by atoms with van der Waals surface area (Å²) in [6.45, 7) is 0. The third-order valence-corrected chi connectivity index (χ3v) is 3.60. The van der Waals surface area contributed by atoms with Crippen LogP contribution in [0.5, 0.6) is 0 Å². The number of aromatic amines is 1. The molecule has 3 N–H and O–H groups in total. The van der Waals surface area contributed by atoms with E-state index in [1.807, 2.05) is 24.3 Å². The van der Waals surface area contributed by atoms with E-state index in [1.165, 1.54) is 7.11 Å². The molecule has 7 nitrogen and oxygen atoms in total. The topological polar surface area (TPSA) is 96.1 Å². The van der Waals surface area contributed by atoms with Gasteiger partial charge in [-0.2, -0.15) is 0 Å². The van der Waals surface area contributed by atoms with Crippen LogP contribution in [-0.4, -0.2) is 34.8 Å². The summed E-state index contributed by atoms with van der Waals surface area (Å²) in [7, 11) is 1.23. The number of H-pyrrole nitrogens is 1. The maximum Gasteiger partial charge on any atom is 0.425 e. The maximum absolute atomic E-state index is 11.4. The molecule has 21 heavy (non-hydrogen) atoms. The minimum Gasteiger partial charge on any atom is -0.452 e. The van der Waals surface area contributed by atoms with Crippen LogP contribution in [0.2, 0.25) is 0 Å². The van der Waals surface area contributed by atoms with E-state index in [4.69, 9.17) is 0 Å². The first-order chi connectivity index (χ1) is 10.2. The number of nitrogens with zero attached hydrogens (tertiary/aromatic N) is 1. The molecular formula is C13H16N4O3S. The summed E-state index contributed by atoms with van der Waals surface area (Å²) >= 11 is 1.56. The monoisotopic (exact) mass is 308 g/mol. The lowest BCUT2D eigenvalue weighted by molar-refractivity contribution is -0.121. The zero-order valence-electron chi connectivity index (χ0n) is 11.5. The van der Waals surface area contributed by atoms with Crippen molar-refractivity contribution in [3.05, 3.63) is 24.3 Å². The van der Waals surface area contributed by atoms with Crippen LogP contribution < -0.4 is 10.9 Å². The van der Waals surface area contributed by atoms with Gasteiger partial charge in [-0.25, -0.2) is 15.2 Å². The van der Waals surface area contributed by atoms with Gasteiger partial charge in [0.1, 0.15) is 0 Å². The summed E-state index contributed by atoms with van der Waals surface area (Å²) in [6.07, 6.45) is 0.299. The van der Waals surface area contributed by atoms with Gasteiger partial charge in [0.05, 0.1) is 18.1 Å². The highest BCUT2D eigenvalue weighted by molar-refractivity contribution is 7.99. The van der Waals surface area contributed by atoms with E-state index < -0.39 is 6.09 Å². The molecule has 0 radical (unpaired) electrons. The van der Waals surface area contributed by atoms with Gasteiger partial charge in [0, 0.05) is 12.2 Å². The second-order valence-electron chi connectivity index (χ2n) is 4.18. The number of imidazole rings is 1. The molecule has 0 bridgehead atoms. The molecule has 0 spiro atoms. The Bertz CT molecular complexity index is 596. The number of carbonyl (C=O) groups excluding carboxylic acids is 2. The van der Waals surface area contributed by atoms with Gasteiger partial charge >= 0.3 is 6.09 Å². The van der Waals surface area contributed by atoms with Crippen molar-refractivity contribution in [3.63, 3.8) is 0 Å². The molecule has 0 saturated heterocycles. The molecule has 0 unspecified atom stereocenters. The number of rotatable bonds is 5. The van der Waals surface area contributed by atoms with Crippen molar-refractivity contribution in [1.82, 2.24) is 20.8 Å². The van der Waals surface area contributed by atoms with Crippen LogP contribution in [0.1, 0.15) is 12.8 Å². The second kappa shape index (κ2) is 7.53. The van der Waals surface area contributed by atoms with Crippen molar-refractivity contribution in [2.45, 2.75) is 18.0 Å². The molecule has 1 heterocycles. The van der Waals surface area contributed by atoms with Gasteiger partial charge in [0.2, 0.25) is 5.91 Å². The average Bonchev–Trinajstić information content (AvgIpc) is 2.91. The number of amides is 2. The summed E-state index contributed by atoms with van der Waals surface area (Å²) in [5, 5.41) is 0.837. The van der Waals surface area contributed by atoms with Crippen molar-refractivity contribution in [3.8, 4) is 0 Å². The highest BCUT2D eigenvalue weighted by Crippen LogP contribution is 2.19. The molecule has 0 saturated carbocycles. The summed E-state index contributed by atoms with van der Waals surface area (Å²) in [6, 6.07) is 7.81. The number of fused-ring (bicyclic) bond motifs is 1. The average molecular weight is 308 g/mol. The summed E-state index contributed by atoms with van der Waals surface area (Å²) in [5.74, 6) is 0.497. The van der Waals surface area contributed by atoms with Gasteiger partial charge in [0.15, 0.2) is 5.16 Å². The number of carbonyl (C=O) groups is 2. The molecular weight excluding hydrogens is 292 g/mol. The predicted octanol–water partition coefficient (Wildman–Crippen LogP) is 1.82. The van der Waals surface area contributed by atoms with Crippen molar-refractivity contribution < 1.29 is 14.3 Å². The van der Waals surface area contributed by atoms with Gasteiger partial charge in [-0.1, -0.05) is 23.9 Å². The fourth-order valence-corrected chi connectivity index (χ4v) is 2.46. The van der Waals surface area contributed by atoms with Gasteiger partial charge in [0.25, 0.3) is 0 Å². The number of benzene rings is 1. The molecule has 1 aromatic carbocycles. The quantitative estimate of drug-likeness (QED) is 0.445. The highest BCUT2D eigenvalue weighted by Gasteiger charge is 2.05. The fourth-order valence-electron chi connectivity index (χ4n) is 1.63. The van der Waals surface area contributed by atoms with Crippen LogP contribution in [0.15, 0.2) is 29.4 Å². The van der Waals surface area contributed by atoms with E-state index in [9.17, 15) is 9.59 Å². The number of hydrazine groups is 1. The summed E-state index contributed by atoms with van der Waals surface area (Å²) in [5.41, 5.74) is 6.31. The lowest BCUT2D eigenvalue weighted by Crippen LogP contribution is -2.41. The molecule has 0 fully saturated rings. The highest BCUT2D eigenvalue weighted by atomic mass is 32.2. The molecule has 0 atom stereocenters. The Morgan fingerprint density at radius 3 is 2.90 bits per heavy atom. The lowest BCUT2D eigenvalue weighted by Gasteiger charge is -2.05. The summed E-state index contributed by atoms with van der Waals surface area (Å²) in [4.78, 5) is 29.8. The molecule has 8 heteroatoms. The fraction of sp³-hybridized carbons (Fsp3) is 0.308. The zero-order valence-corrected chi connectivity index (χ0v) is 12.3. The number of methoxy groups -OCH3 is 1. The Balaban J connectivity index is 1.67. The largest absolute Gasteiger partial charge is 0.452 e. The van der Waals surface area contributed by atoms with Crippen LogP contribution in [-0.2, 0) is 9.53 Å². The molecule has 0 aliphatic heterocycles. The molecule has 112 valence electrons. The van der Waals surface area contributed by atoms with Gasteiger partial charge in [-0.3, -0.25) is 10.2 Å². The number of para-hydroxylation sites is 2. The molecule has 1 aromatic heterocycles. The van der Waals surface area contributed by atoms with E-state index in [0.29, 0.717) is 12.8 Å². The van der Waals surface area contributed by atoms with E-state index in [1.54, 1.807) is 11.8 Å². The molecule has 0 aliphatic carbocycles. The van der Waals surface area contributed by atoms with Crippen molar-refractivity contribution in [2.75, 3.05) is 12.9 Å². The van der Waals surface area contributed by atoms with Crippen LogP contribution in [0.3, 0.4) is 0 Å². The first-order valence-corrected chi connectivity index (χ1v) is 7.38. The Morgan fingerprint density at radius 2 is 2.14 bits per heavy atom. The van der Waals surface area contributed by atoms with Crippen LogP contribution in [0.4, 0.5) is 4.79 Å². The van der Waals surface area contributed by atoms with E-state index >= 15 is 0 Å². The number of aromatic nitrogens is 2. The van der Waals surface area contributed by atoms with Crippen LogP contribution in [0.25, 0.3) is 11.0 Å². The van der Waals surface area contributed by atoms with Gasteiger partial charge in [-0.15, -0.1) is 0 Å². The number of thioether (sulfide) groups is 1. The maximum atomic E-state index is 11.4. The van der Waals surface area contributed by atoms with Gasteiger partial charge in [-0.05, 0) is 18.6 Å². The molecule has 2 rings (SSSR count). The number of hydrogen-bond donors (Lipinski definition) is 3. The van der Waals surface area contributed by atoms with Crippen molar-refractivity contribution in [2.24, 2.45) is 0 Å². The smallest absolute Gasteiger partial charge is 0.425 e. The van der Waals surface area contributed by atoms with Crippen LogP contribution in [0, 0.1) is 0 Å². The van der Waals surface area contributed by atoms with E-state index in [2.05, 4.69) is 25.6 Å². The number of hydrogen-bond acceptors (Lipinski definition) is 5. The Hall–Kier alpha value is -2.22. The van der Waals surface area contributed by atoms with Gasteiger partial charge < -0.3 is 9.72 Å². The first-order valence-electron chi connectivity index (χ1n) is 6.39. The van der Waals surface area contributed by atoms with Crippen LogP contribution >= 0.6 is 11.8 Å². The third-order valence-electron chi connectivity index (χ3n) is 2.64. The Kier molecular flexibility index (Phi) is 5.44. The standard InChI is InChI=1S/C13H16N4O3S/c1-20-13(19)17-16-11(18)7-4-8-21-12-14-9-5-2-3-6-10(9)15-12/h2-3,5-6H,4,7-8H2,1H3,(H,14,15)(H,16,18)(H,17,19). The zero-order chi connectivity index (χ0) is 15.1. The molecule has 2 aromatic rings. The minimum atomic E-state index is -0.694.